The molecule has 0 atom stereocenters. The van der Waals surface area contributed by atoms with Gasteiger partial charge in [0, 0.05) is 28.7 Å². The third-order valence-electron chi connectivity index (χ3n) is 4.27. The first kappa shape index (κ1) is 18.2. The minimum Gasteiger partial charge on any atom is -0.481 e. The van der Waals surface area contributed by atoms with Gasteiger partial charge in [0.05, 0.1) is 25.2 Å². The summed E-state index contributed by atoms with van der Waals surface area (Å²) in [6, 6.07) is 13.4. The summed E-state index contributed by atoms with van der Waals surface area (Å²) in [5.41, 5.74) is 1.88. The standard InChI is InChI=1S/C21H18N4O2S/c1-14-3-8-20(23-10-14)28-17-5-6-18-16(9-17)12-24-25(21(18)26)13-15-4-7-19(27-2)22-11-15/h3-12H,13H2,1-2H3. The summed E-state index contributed by atoms with van der Waals surface area (Å²) in [5, 5.41) is 6.69. The van der Waals surface area contributed by atoms with Crippen LogP contribution in [0.4, 0.5) is 0 Å². The van der Waals surface area contributed by atoms with Crippen LogP contribution in [0.2, 0.25) is 0 Å². The average molecular weight is 390 g/mol. The van der Waals surface area contributed by atoms with Crippen LogP contribution >= 0.6 is 11.8 Å². The summed E-state index contributed by atoms with van der Waals surface area (Å²) in [6.45, 7) is 2.37. The van der Waals surface area contributed by atoms with Crippen molar-refractivity contribution in [3.8, 4) is 5.88 Å². The maximum Gasteiger partial charge on any atom is 0.274 e. The maximum atomic E-state index is 12.8. The SMILES string of the molecule is COc1ccc(Cn2ncc3cc(Sc4ccc(C)cn4)ccc3c2=O)cn1. The molecule has 0 saturated carbocycles. The van der Waals surface area contributed by atoms with Crippen molar-refractivity contribution in [2.24, 2.45) is 0 Å². The van der Waals surface area contributed by atoms with Crippen LogP contribution in [0.25, 0.3) is 10.8 Å². The van der Waals surface area contributed by atoms with E-state index in [2.05, 4.69) is 15.1 Å². The summed E-state index contributed by atoms with van der Waals surface area (Å²) in [6.07, 6.45) is 5.25. The molecular weight excluding hydrogens is 372 g/mol. The number of nitrogens with zero attached hydrogens (tertiary/aromatic N) is 4. The van der Waals surface area contributed by atoms with Gasteiger partial charge < -0.3 is 4.74 Å². The molecule has 4 rings (SSSR count). The molecule has 0 amide bonds. The fraction of sp³-hybridized carbons (Fsp3) is 0.143. The van der Waals surface area contributed by atoms with Crippen LogP contribution in [-0.4, -0.2) is 26.9 Å². The van der Waals surface area contributed by atoms with Crippen molar-refractivity contribution in [2.45, 2.75) is 23.4 Å². The Labute approximate surface area is 166 Å². The molecule has 3 aromatic heterocycles. The van der Waals surface area contributed by atoms with Crippen molar-refractivity contribution in [1.82, 2.24) is 19.7 Å². The Balaban J connectivity index is 1.60. The van der Waals surface area contributed by atoms with Gasteiger partial charge >= 0.3 is 0 Å². The molecule has 1 aromatic carbocycles. The maximum absolute atomic E-state index is 12.8. The van der Waals surface area contributed by atoms with Gasteiger partial charge in [-0.05, 0) is 42.3 Å². The third kappa shape index (κ3) is 3.89. The highest BCUT2D eigenvalue weighted by Gasteiger charge is 2.08. The van der Waals surface area contributed by atoms with Crippen molar-refractivity contribution in [2.75, 3.05) is 7.11 Å². The summed E-state index contributed by atoms with van der Waals surface area (Å²) < 4.78 is 6.50. The molecule has 0 radical (unpaired) electrons. The third-order valence-corrected chi connectivity index (χ3v) is 5.21. The lowest BCUT2D eigenvalue weighted by Gasteiger charge is -2.08. The molecular formula is C21H18N4O2S. The van der Waals surface area contributed by atoms with E-state index in [4.69, 9.17) is 4.74 Å². The minimum absolute atomic E-state index is 0.127. The van der Waals surface area contributed by atoms with Crippen molar-refractivity contribution in [3.05, 3.63) is 82.5 Å². The van der Waals surface area contributed by atoms with Gasteiger partial charge in [0.1, 0.15) is 5.03 Å². The predicted molar refractivity (Wildman–Crippen MR) is 109 cm³/mol. The number of fused-ring (bicyclic) bond motifs is 1. The van der Waals surface area contributed by atoms with Crippen molar-refractivity contribution in [1.29, 1.82) is 0 Å². The smallest absolute Gasteiger partial charge is 0.274 e. The number of methoxy groups -OCH3 is 1. The molecule has 0 aliphatic carbocycles. The van der Waals surface area contributed by atoms with Crippen LogP contribution in [0.1, 0.15) is 11.1 Å². The van der Waals surface area contributed by atoms with E-state index in [-0.39, 0.29) is 5.56 Å². The Morgan fingerprint density at radius 3 is 2.64 bits per heavy atom. The van der Waals surface area contributed by atoms with E-state index in [1.807, 2.05) is 49.5 Å². The molecule has 0 saturated heterocycles. The molecule has 3 heterocycles. The van der Waals surface area contributed by atoms with E-state index < -0.39 is 0 Å². The van der Waals surface area contributed by atoms with Gasteiger partial charge in [-0.15, -0.1) is 0 Å². The van der Waals surface area contributed by atoms with Crippen molar-refractivity contribution in [3.63, 3.8) is 0 Å². The highest BCUT2D eigenvalue weighted by Crippen LogP contribution is 2.28. The zero-order chi connectivity index (χ0) is 19.5. The topological polar surface area (TPSA) is 69.9 Å². The zero-order valence-corrected chi connectivity index (χ0v) is 16.3. The number of benzene rings is 1. The first-order chi connectivity index (χ1) is 13.6. The van der Waals surface area contributed by atoms with Crippen LogP contribution in [0.15, 0.2) is 75.8 Å². The fourth-order valence-corrected chi connectivity index (χ4v) is 3.58. The summed E-state index contributed by atoms with van der Waals surface area (Å²) >= 11 is 1.56. The number of hydrogen-bond donors (Lipinski definition) is 0. The summed E-state index contributed by atoms with van der Waals surface area (Å²) in [4.78, 5) is 22.4. The van der Waals surface area contributed by atoms with Gasteiger partial charge in [-0.25, -0.2) is 14.6 Å². The van der Waals surface area contributed by atoms with E-state index in [1.54, 1.807) is 37.3 Å². The Hall–Kier alpha value is -3.19. The first-order valence-electron chi connectivity index (χ1n) is 8.72. The minimum atomic E-state index is -0.127. The Morgan fingerprint density at radius 2 is 1.93 bits per heavy atom. The summed E-state index contributed by atoms with van der Waals surface area (Å²) in [5.74, 6) is 0.538. The second kappa shape index (κ2) is 7.82. The molecule has 28 heavy (non-hydrogen) atoms. The van der Waals surface area contributed by atoms with E-state index in [1.165, 1.54) is 4.68 Å². The average Bonchev–Trinajstić information content (AvgIpc) is 2.72. The molecule has 0 spiro atoms. The number of rotatable bonds is 5. The number of hydrogen-bond acceptors (Lipinski definition) is 6. The molecule has 6 nitrogen and oxygen atoms in total. The van der Waals surface area contributed by atoms with Crippen molar-refractivity contribution >= 4 is 22.5 Å². The molecule has 0 fully saturated rings. The molecule has 7 heteroatoms. The molecule has 0 bridgehead atoms. The van der Waals surface area contributed by atoms with Crippen LogP contribution in [0.3, 0.4) is 0 Å². The first-order valence-corrected chi connectivity index (χ1v) is 9.53. The lowest BCUT2D eigenvalue weighted by atomic mass is 10.2. The molecule has 0 N–H and O–H groups in total. The monoisotopic (exact) mass is 390 g/mol. The Bertz CT molecular complexity index is 1170. The number of ether oxygens (including phenoxy) is 1. The largest absolute Gasteiger partial charge is 0.481 e. The number of aromatic nitrogens is 4. The van der Waals surface area contributed by atoms with Crippen LogP contribution < -0.4 is 10.3 Å². The van der Waals surface area contributed by atoms with Gasteiger partial charge in [-0.1, -0.05) is 23.9 Å². The Morgan fingerprint density at radius 1 is 1.04 bits per heavy atom. The second-order valence-corrected chi connectivity index (χ2v) is 7.43. The highest BCUT2D eigenvalue weighted by molar-refractivity contribution is 7.99. The van der Waals surface area contributed by atoms with E-state index >= 15 is 0 Å². The molecule has 140 valence electrons. The molecule has 0 aliphatic rings. The molecule has 0 aliphatic heterocycles. The zero-order valence-electron chi connectivity index (χ0n) is 15.5. The van der Waals surface area contributed by atoms with E-state index in [0.717, 1.165) is 26.4 Å². The van der Waals surface area contributed by atoms with E-state index in [9.17, 15) is 4.79 Å². The molecule has 0 unspecified atom stereocenters. The number of pyridine rings is 2. The highest BCUT2D eigenvalue weighted by atomic mass is 32.2. The van der Waals surface area contributed by atoms with Crippen molar-refractivity contribution < 1.29 is 4.74 Å². The number of aryl methyl sites for hydroxylation is 1. The Kier molecular flexibility index (Phi) is 5.08. The lowest BCUT2D eigenvalue weighted by molar-refractivity contribution is 0.397. The predicted octanol–water partition coefficient (Wildman–Crippen LogP) is 3.70. The molecule has 4 aromatic rings. The van der Waals surface area contributed by atoms with Crippen LogP contribution in [-0.2, 0) is 6.54 Å². The summed E-state index contributed by atoms with van der Waals surface area (Å²) in [7, 11) is 1.57. The fourth-order valence-electron chi connectivity index (χ4n) is 2.78. The van der Waals surface area contributed by atoms with E-state index in [0.29, 0.717) is 17.8 Å². The second-order valence-electron chi connectivity index (χ2n) is 6.34. The lowest BCUT2D eigenvalue weighted by Crippen LogP contribution is -2.23. The van der Waals surface area contributed by atoms with Gasteiger partial charge in [0.15, 0.2) is 0 Å². The van der Waals surface area contributed by atoms with Gasteiger partial charge in [-0.2, -0.15) is 5.10 Å². The van der Waals surface area contributed by atoms with Crippen LogP contribution in [0.5, 0.6) is 5.88 Å². The normalized spacial score (nSPS) is 10.9. The van der Waals surface area contributed by atoms with Crippen LogP contribution in [0, 0.1) is 6.92 Å². The van der Waals surface area contributed by atoms with Gasteiger partial charge in [0.25, 0.3) is 5.56 Å². The quantitative estimate of drug-likeness (QED) is 0.517. The van der Waals surface area contributed by atoms with Gasteiger partial charge in [-0.3, -0.25) is 4.79 Å². The van der Waals surface area contributed by atoms with Gasteiger partial charge in [0.2, 0.25) is 5.88 Å².